The standard InChI is InChI=1S/C31H27FN10OS/c32-25-12-20(14-33)4-5-23(25)18-43-30-3-1-2-26(36-30)21-8-10-41(11-9-21)17-29-35-27-7-6-22(31-37-39-40-38-31)13-28(27)42(29)16-24-15-34-19-44-24/h1-7,12-13,15,19,21H,8-11,16-18H2,(H,37,38,39,40). The predicted molar refractivity (Wildman–Crippen MR) is 161 cm³/mol. The number of likely N-dealkylation sites (tertiary alicyclic amines) is 1. The van der Waals surface area contributed by atoms with Gasteiger partial charge in [0.05, 0.1) is 41.3 Å². The number of piperidine rings is 1. The summed E-state index contributed by atoms with van der Waals surface area (Å²) in [5, 5.41) is 23.5. The highest BCUT2D eigenvalue weighted by Crippen LogP contribution is 2.30. The van der Waals surface area contributed by atoms with E-state index in [0.717, 1.165) is 65.5 Å². The van der Waals surface area contributed by atoms with Crippen LogP contribution in [0.5, 0.6) is 5.88 Å². The summed E-state index contributed by atoms with van der Waals surface area (Å²) in [6.07, 6.45) is 3.82. The van der Waals surface area contributed by atoms with Gasteiger partial charge >= 0.3 is 0 Å². The van der Waals surface area contributed by atoms with Gasteiger partial charge in [0, 0.05) is 39.9 Å². The van der Waals surface area contributed by atoms with Crippen LogP contribution >= 0.6 is 11.3 Å². The summed E-state index contributed by atoms with van der Waals surface area (Å²) in [4.78, 5) is 17.6. The number of imidazole rings is 1. The summed E-state index contributed by atoms with van der Waals surface area (Å²) in [6.45, 7) is 3.28. The number of nitrogens with one attached hydrogen (secondary N) is 1. The molecule has 0 atom stereocenters. The van der Waals surface area contributed by atoms with Crippen molar-refractivity contribution in [3.63, 3.8) is 0 Å². The Morgan fingerprint density at radius 1 is 1.07 bits per heavy atom. The number of aromatic amines is 1. The first-order chi connectivity index (χ1) is 21.6. The molecule has 0 spiro atoms. The van der Waals surface area contributed by atoms with Gasteiger partial charge in [0.2, 0.25) is 11.7 Å². The van der Waals surface area contributed by atoms with Crippen molar-refractivity contribution < 1.29 is 9.13 Å². The molecule has 0 bridgehead atoms. The van der Waals surface area contributed by atoms with Crippen molar-refractivity contribution in [3.8, 4) is 23.3 Å². The number of rotatable bonds is 9. The van der Waals surface area contributed by atoms with Crippen LogP contribution < -0.4 is 4.74 Å². The van der Waals surface area contributed by atoms with Crippen LogP contribution in [0, 0.1) is 17.1 Å². The summed E-state index contributed by atoms with van der Waals surface area (Å²) in [6, 6.07) is 18.1. The topological polar surface area (TPSA) is 134 Å². The highest BCUT2D eigenvalue weighted by molar-refractivity contribution is 7.09. The normalized spacial score (nSPS) is 14.2. The van der Waals surface area contributed by atoms with Gasteiger partial charge in [-0.25, -0.2) is 14.4 Å². The van der Waals surface area contributed by atoms with E-state index in [1.807, 2.05) is 42.0 Å². The average Bonchev–Trinajstić information content (AvgIpc) is 3.84. The van der Waals surface area contributed by atoms with Crippen molar-refractivity contribution in [1.29, 1.82) is 5.26 Å². The molecule has 1 saturated heterocycles. The highest BCUT2D eigenvalue weighted by atomic mass is 32.1. The van der Waals surface area contributed by atoms with E-state index < -0.39 is 5.82 Å². The van der Waals surface area contributed by atoms with Gasteiger partial charge in [-0.1, -0.05) is 12.1 Å². The number of benzene rings is 2. The molecule has 0 unspecified atom stereocenters. The van der Waals surface area contributed by atoms with Crippen LogP contribution in [-0.2, 0) is 19.7 Å². The summed E-state index contributed by atoms with van der Waals surface area (Å²) < 4.78 is 22.4. The van der Waals surface area contributed by atoms with E-state index in [1.165, 1.54) is 6.07 Å². The van der Waals surface area contributed by atoms with Gasteiger partial charge in [-0.2, -0.15) is 10.5 Å². The van der Waals surface area contributed by atoms with Crippen molar-refractivity contribution in [2.75, 3.05) is 13.1 Å². The van der Waals surface area contributed by atoms with Crippen LogP contribution in [0.25, 0.3) is 22.4 Å². The predicted octanol–water partition coefficient (Wildman–Crippen LogP) is 5.09. The molecular weight excluding hydrogens is 579 g/mol. The molecule has 1 fully saturated rings. The van der Waals surface area contributed by atoms with E-state index in [1.54, 1.807) is 29.5 Å². The summed E-state index contributed by atoms with van der Waals surface area (Å²) in [7, 11) is 0. The van der Waals surface area contributed by atoms with Gasteiger partial charge in [-0.05, 0) is 67.5 Å². The lowest BCUT2D eigenvalue weighted by Crippen LogP contribution is -2.33. The minimum atomic E-state index is -0.458. The quantitative estimate of drug-likeness (QED) is 0.239. The number of halogens is 1. The number of hydrogen-bond donors (Lipinski definition) is 1. The fourth-order valence-corrected chi connectivity index (χ4v) is 6.16. The third kappa shape index (κ3) is 5.90. The van der Waals surface area contributed by atoms with Gasteiger partial charge in [0.15, 0.2) is 0 Å². The number of nitrogens with zero attached hydrogens (tertiary/aromatic N) is 9. The second kappa shape index (κ2) is 12.3. The van der Waals surface area contributed by atoms with Crippen LogP contribution in [0.3, 0.4) is 0 Å². The lowest BCUT2D eigenvalue weighted by atomic mass is 9.93. The van der Waals surface area contributed by atoms with Crippen LogP contribution in [0.2, 0.25) is 0 Å². The Morgan fingerprint density at radius 3 is 2.75 bits per heavy atom. The highest BCUT2D eigenvalue weighted by Gasteiger charge is 2.24. The van der Waals surface area contributed by atoms with Gasteiger partial charge in [-0.3, -0.25) is 9.88 Å². The molecule has 13 heteroatoms. The number of tetrazole rings is 1. The Kier molecular flexibility index (Phi) is 7.74. The van der Waals surface area contributed by atoms with E-state index in [9.17, 15) is 4.39 Å². The molecule has 1 aliphatic heterocycles. The maximum atomic E-state index is 14.3. The number of H-pyrrole nitrogens is 1. The first-order valence-electron chi connectivity index (χ1n) is 14.2. The van der Waals surface area contributed by atoms with E-state index >= 15 is 0 Å². The van der Waals surface area contributed by atoms with Crippen molar-refractivity contribution in [2.45, 2.75) is 38.5 Å². The minimum Gasteiger partial charge on any atom is -0.473 e. The monoisotopic (exact) mass is 606 g/mol. The third-order valence-electron chi connectivity index (χ3n) is 7.90. The van der Waals surface area contributed by atoms with Crippen molar-refractivity contribution in [2.24, 2.45) is 0 Å². The van der Waals surface area contributed by atoms with E-state index in [0.29, 0.717) is 29.7 Å². The van der Waals surface area contributed by atoms with Gasteiger partial charge in [0.1, 0.15) is 18.2 Å². The summed E-state index contributed by atoms with van der Waals surface area (Å²) in [5.41, 5.74) is 6.32. The van der Waals surface area contributed by atoms with Gasteiger partial charge in [0.25, 0.3) is 0 Å². The Labute approximate surface area is 256 Å². The smallest absolute Gasteiger partial charge is 0.213 e. The molecule has 1 N–H and O–H groups in total. The number of aromatic nitrogens is 8. The van der Waals surface area contributed by atoms with Crippen molar-refractivity contribution in [3.05, 3.63) is 99.6 Å². The lowest BCUT2D eigenvalue weighted by molar-refractivity contribution is 0.196. The lowest BCUT2D eigenvalue weighted by Gasteiger charge is -2.31. The van der Waals surface area contributed by atoms with Crippen molar-refractivity contribution >= 4 is 22.4 Å². The zero-order chi connectivity index (χ0) is 29.9. The molecule has 6 aromatic rings. The van der Waals surface area contributed by atoms with Gasteiger partial charge in [-0.15, -0.1) is 21.5 Å². The molecule has 0 amide bonds. The zero-order valence-electron chi connectivity index (χ0n) is 23.6. The number of ether oxygens (including phenoxy) is 1. The number of nitriles is 1. The first-order valence-corrected chi connectivity index (χ1v) is 15.1. The molecule has 0 saturated carbocycles. The minimum absolute atomic E-state index is 0.0472. The number of thiazole rings is 1. The number of hydrogen-bond acceptors (Lipinski definition) is 10. The molecule has 11 nitrogen and oxygen atoms in total. The van der Waals surface area contributed by atoms with Crippen molar-refractivity contribution in [1.82, 2.24) is 45.0 Å². The van der Waals surface area contributed by atoms with E-state index in [4.69, 9.17) is 20.0 Å². The van der Waals surface area contributed by atoms with Crippen LogP contribution in [0.1, 0.15) is 46.3 Å². The fraction of sp³-hybridized carbons (Fsp3) is 0.258. The Balaban J connectivity index is 1.03. The molecule has 4 aromatic heterocycles. The molecule has 220 valence electrons. The molecule has 7 rings (SSSR count). The number of pyridine rings is 1. The summed E-state index contributed by atoms with van der Waals surface area (Å²) >= 11 is 1.63. The zero-order valence-corrected chi connectivity index (χ0v) is 24.4. The molecule has 5 heterocycles. The van der Waals surface area contributed by atoms with Gasteiger partial charge < -0.3 is 9.30 Å². The van der Waals surface area contributed by atoms with Crippen LogP contribution in [-0.4, -0.2) is 58.1 Å². The maximum Gasteiger partial charge on any atom is 0.213 e. The van der Waals surface area contributed by atoms with Crippen LogP contribution in [0.4, 0.5) is 4.39 Å². The average molecular weight is 607 g/mol. The fourth-order valence-electron chi connectivity index (χ4n) is 5.58. The second-order valence-corrected chi connectivity index (χ2v) is 11.6. The van der Waals surface area contributed by atoms with E-state index in [-0.39, 0.29) is 12.2 Å². The molecule has 0 radical (unpaired) electrons. The van der Waals surface area contributed by atoms with E-state index in [2.05, 4.69) is 41.1 Å². The SMILES string of the molecule is N#Cc1ccc(COc2cccc(C3CCN(Cc4nc5ccc(-c6nn[nH]n6)cc5n4Cc4cncs4)CC3)n2)c(F)c1. The second-order valence-electron chi connectivity index (χ2n) is 10.7. The largest absolute Gasteiger partial charge is 0.473 e. The Morgan fingerprint density at radius 2 is 1.98 bits per heavy atom. The summed E-state index contributed by atoms with van der Waals surface area (Å²) in [5.74, 6) is 1.85. The first kappa shape index (κ1) is 27.8. The molecule has 0 aliphatic carbocycles. The molecular formula is C31H27FN10OS. The maximum absolute atomic E-state index is 14.3. The Bertz CT molecular complexity index is 1930. The van der Waals surface area contributed by atoms with Crippen LogP contribution in [0.15, 0.2) is 66.3 Å². The Hall–Kier alpha value is -5.06. The molecule has 2 aromatic carbocycles. The third-order valence-corrected chi connectivity index (χ3v) is 8.67. The number of fused-ring (bicyclic) bond motifs is 1. The molecule has 44 heavy (non-hydrogen) atoms. The molecule has 1 aliphatic rings.